The van der Waals surface area contributed by atoms with Crippen LogP contribution in [0.1, 0.15) is 32.8 Å². The predicted molar refractivity (Wildman–Crippen MR) is 74.3 cm³/mol. The largest absolute Gasteiger partial charge is 0.466 e. The van der Waals surface area contributed by atoms with Gasteiger partial charge in [0.1, 0.15) is 0 Å². The highest BCUT2D eigenvalue weighted by Gasteiger charge is 2.18. The Balaban J connectivity index is 2.71. The number of carbonyl (C=O) groups is 1. The van der Waals surface area contributed by atoms with Crippen molar-refractivity contribution in [3.8, 4) is 0 Å². The summed E-state index contributed by atoms with van der Waals surface area (Å²) in [5.41, 5.74) is 2.41. The number of hydrogen-bond donors (Lipinski definition) is 0. The van der Waals surface area contributed by atoms with E-state index in [2.05, 4.69) is 18.2 Å². The Morgan fingerprint density at radius 2 is 1.94 bits per heavy atom. The second-order valence-corrected chi connectivity index (χ2v) is 4.66. The van der Waals surface area contributed by atoms with Gasteiger partial charge in [0.15, 0.2) is 0 Å². The topological polar surface area (TPSA) is 26.3 Å². The summed E-state index contributed by atoms with van der Waals surface area (Å²) in [7, 11) is 0. The first-order chi connectivity index (χ1) is 8.63. The number of esters is 1. The highest BCUT2D eigenvalue weighted by Crippen LogP contribution is 2.16. The number of rotatable bonds is 6. The zero-order valence-corrected chi connectivity index (χ0v) is 11.5. The predicted octanol–water partition coefficient (Wildman–Crippen LogP) is 3.76. The molecule has 0 saturated carbocycles. The fourth-order valence-corrected chi connectivity index (χ4v) is 1.80. The fourth-order valence-electron chi connectivity index (χ4n) is 1.80. The first-order valence-corrected chi connectivity index (χ1v) is 6.47. The Morgan fingerprint density at radius 3 is 2.50 bits per heavy atom. The molecule has 0 unspecified atom stereocenters. The van der Waals surface area contributed by atoms with E-state index in [-0.39, 0.29) is 11.9 Å². The van der Waals surface area contributed by atoms with Crippen LogP contribution in [0.3, 0.4) is 0 Å². The summed E-state index contributed by atoms with van der Waals surface area (Å²) in [5, 5.41) is 0. The average Bonchev–Trinajstić information content (AvgIpc) is 2.35. The van der Waals surface area contributed by atoms with Crippen LogP contribution in [0.2, 0.25) is 0 Å². The summed E-state index contributed by atoms with van der Waals surface area (Å²) in [6.45, 7) is 6.38. The van der Waals surface area contributed by atoms with Crippen LogP contribution in [0, 0.1) is 5.92 Å². The van der Waals surface area contributed by atoms with E-state index in [0.29, 0.717) is 6.61 Å². The van der Waals surface area contributed by atoms with E-state index in [4.69, 9.17) is 4.74 Å². The average molecular weight is 246 g/mol. The molecule has 1 aromatic carbocycles. The monoisotopic (exact) mass is 246 g/mol. The van der Waals surface area contributed by atoms with Crippen LogP contribution in [-0.2, 0) is 16.0 Å². The van der Waals surface area contributed by atoms with Gasteiger partial charge in [-0.2, -0.15) is 0 Å². The molecule has 0 aliphatic heterocycles. The maximum Gasteiger partial charge on any atom is 0.309 e. The molecule has 0 heterocycles. The van der Waals surface area contributed by atoms with Crippen molar-refractivity contribution < 1.29 is 9.53 Å². The zero-order valence-electron chi connectivity index (χ0n) is 11.5. The molecule has 0 fully saturated rings. The summed E-state index contributed by atoms with van der Waals surface area (Å²) >= 11 is 0. The van der Waals surface area contributed by atoms with E-state index in [1.807, 2.05) is 39.0 Å². The summed E-state index contributed by atoms with van der Waals surface area (Å²) in [6.07, 6.45) is 3.59. The molecule has 0 N–H and O–H groups in total. The van der Waals surface area contributed by atoms with Gasteiger partial charge in [0.25, 0.3) is 0 Å². The minimum absolute atomic E-state index is 0.0813. The van der Waals surface area contributed by atoms with E-state index in [1.165, 1.54) is 11.1 Å². The molecule has 0 amide bonds. The van der Waals surface area contributed by atoms with Crippen molar-refractivity contribution in [1.82, 2.24) is 0 Å². The van der Waals surface area contributed by atoms with Crippen molar-refractivity contribution in [2.75, 3.05) is 6.61 Å². The van der Waals surface area contributed by atoms with Gasteiger partial charge in [0, 0.05) is 0 Å². The minimum atomic E-state index is -0.0983. The molecular formula is C16H22O2. The second kappa shape index (κ2) is 7.70. The highest BCUT2D eigenvalue weighted by molar-refractivity contribution is 5.73. The van der Waals surface area contributed by atoms with E-state index < -0.39 is 0 Å². The van der Waals surface area contributed by atoms with Gasteiger partial charge in [-0.15, -0.1) is 0 Å². The molecule has 0 saturated heterocycles. The van der Waals surface area contributed by atoms with E-state index in [9.17, 15) is 4.79 Å². The lowest BCUT2D eigenvalue weighted by molar-refractivity contribution is -0.147. The summed E-state index contributed by atoms with van der Waals surface area (Å²) < 4.78 is 5.14. The fraction of sp³-hybridized carbons (Fsp3) is 0.438. The van der Waals surface area contributed by atoms with Crippen LogP contribution >= 0.6 is 0 Å². The standard InChI is InChI=1S/C16H22O2/c1-4-18-16(17)15(11-10-13(2)3)12-14-8-6-5-7-9-14/h5-10,15H,4,11-12H2,1-3H3/t15-/m0/s1. The van der Waals surface area contributed by atoms with Crippen molar-refractivity contribution in [2.45, 2.75) is 33.6 Å². The molecule has 0 aliphatic carbocycles. The van der Waals surface area contributed by atoms with Crippen LogP contribution in [-0.4, -0.2) is 12.6 Å². The van der Waals surface area contributed by atoms with E-state index >= 15 is 0 Å². The van der Waals surface area contributed by atoms with Crippen molar-refractivity contribution >= 4 is 5.97 Å². The van der Waals surface area contributed by atoms with Gasteiger partial charge >= 0.3 is 5.97 Å². The lowest BCUT2D eigenvalue weighted by Crippen LogP contribution is -2.19. The van der Waals surface area contributed by atoms with Crippen LogP contribution in [0.5, 0.6) is 0 Å². The SMILES string of the molecule is CCOC(=O)[C@@H](CC=C(C)C)Cc1ccccc1. The third-order valence-corrected chi connectivity index (χ3v) is 2.76. The third-order valence-electron chi connectivity index (χ3n) is 2.76. The molecule has 2 heteroatoms. The Bertz CT molecular complexity index is 389. The first-order valence-electron chi connectivity index (χ1n) is 6.47. The van der Waals surface area contributed by atoms with E-state index in [0.717, 1.165) is 12.8 Å². The number of benzene rings is 1. The van der Waals surface area contributed by atoms with Crippen molar-refractivity contribution in [1.29, 1.82) is 0 Å². The molecule has 0 spiro atoms. The summed E-state index contributed by atoms with van der Waals surface area (Å²) in [6, 6.07) is 10.1. The Hall–Kier alpha value is -1.57. The van der Waals surface area contributed by atoms with Crippen LogP contribution in [0.25, 0.3) is 0 Å². The molecule has 0 aliphatic rings. The molecular weight excluding hydrogens is 224 g/mol. The lowest BCUT2D eigenvalue weighted by atomic mass is 9.95. The quantitative estimate of drug-likeness (QED) is 0.564. The van der Waals surface area contributed by atoms with Crippen molar-refractivity contribution in [2.24, 2.45) is 5.92 Å². The molecule has 1 atom stereocenters. The molecule has 2 nitrogen and oxygen atoms in total. The summed E-state index contributed by atoms with van der Waals surface area (Å²) in [5.74, 6) is -0.180. The minimum Gasteiger partial charge on any atom is -0.466 e. The maximum atomic E-state index is 11.9. The molecule has 18 heavy (non-hydrogen) atoms. The summed E-state index contributed by atoms with van der Waals surface area (Å²) in [4.78, 5) is 11.9. The normalized spacial score (nSPS) is 11.7. The molecule has 0 aromatic heterocycles. The molecule has 1 rings (SSSR count). The van der Waals surface area contributed by atoms with Crippen LogP contribution < -0.4 is 0 Å². The third kappa shape index (κ3) is 5.17. The Morgan fingerprint density at radius 1 is 1.28 bits per heavy atom. The molecule has 1 aromatic rings. The zero-order chi connectivity index (χ0) is 13.4. The maximum absolute atomic E-state index is 11.9. The van der Waals surface area contributed by atoms with Gasteiger partial charge in [-0.1, -0.05) is 42.0 Å². The second-order valence-electron chi connectivity index (χ2n) is 4.66. The van der Waals surface area contributed by atoms with Crippen LogP contribution in [0.4, 0.5) is 0 Å². The number of hydrogen-bond acceptors (Lipinski definition) is 2. The van der Waals surface area contributed by atoms with Gasteiger partial charge in [-0.25, -0.2) is 0 Å². The smallest absolute Gasteiger partial charge is 0.309 e. The van der Waals surface area contributed by atoms with E-state index in [1.54, 1.807) is 0 Å². The van der Waals surface area contributed by atoms with Crippen LogP contribution in [0.15, 0.2) is 42.0 Å². The van der Waals surface area contributed by atoms with Gasteiger partial charge in [0.2, 0.25) is 0 Å². The number of ether oxygens (including phenoxy) is 1. The van der Waals surface area contributed by atoms with Gasteiger partial charge in [-0.05, 0) is 39.2 Å². The van der Waals surface area contributed by atoms with Gasteiger partial charge < -0.3 is 4.74 Å². The van der Waals surface area contributed by atoms with Crippen molar-refractivity contribution in [3.63, 3.8) is 0 Å². The molecule has 0 bridgehead atoms. The van der Waals surface area contributed by atoms with Gasteiger partial charge in [0.05, 0.1) is 12.5 Å². The lowest BCUT2D eigenvalue weighted by Gasteiger charge is -2.14. The number of allylic oxidation sites excluding steroid dienone is 2. The first kappa shape index (κ1) is 14.5. The Labute approximate surface area is 110 Å². The molecule has 98 valence electrons. The van der Waals surface area contributed by atoms with Crippen molar-refractivity contribution in [3.05, 3.63) is 47.5 Å². The molecule has 0 radical (unpaired) electrons. The Kier molecular flexibility index (Phi) is 6.20. The van der Waals surface area contributed by atoms with Gasteiger partial charge in [-0.3, -0.25) is 4.79 Å². The highest BCUT2D eigenvalue weighted by atomic mass is 16.5. The number of carbonyl (C=O) groups excluding carboxylic acids is 1.